The van der Waals surface area contributed by atoms with E-state index in [1.807, 2.05) is 17.7 Å². The zero-order valence-electron chi connectivity index (χ0n) is 10.1. The molecule has 2 aromatic rings. The third-order valence-corrected chi connectivity index (χ3v) is 2.70. The molecule has 0 radical (unpaired) electrons. The minimum Gasteiger partial charge on any atom is -0.329 e. The number of imidazole rings is 1. The highest BCUT2D eigenvalue weighted by molar-refractivity contribution is 5.94. The number of amides is 1. The van der Waals surface area contributed by atoms with Crippen LogP contribution in [0.15, 0.2) is 30.7 Å². The Morgan fingerprint density at radius 3 is 3.00 bits per heavy atom. The van der Waals surface area contributed by atoms with E-state index in [4.69, 9.17) is 5.84 Å². The molecule has 0 atom stereocenters. The molecule has 94 valence electrons. The lowest BCUT2D eigenvalue weighted by Crippen LogP contribution is -2.31. The van der Waals surface area contributed by atoms with E-state index in [1.165, 1.54) is 0 Å². The monoisotopic (exact) mass is 245 g/mol. The Bertz CT molecular complexity index is 549. The molecule has 0 bridgehead atoms. The first-order chi connectivity index (χ1) is 8.76. The van der Waals surface area contributed by atoms with Crippen molar-refractivity contribution in [2.24, 2.45) is 5.84 Å². The van der Waals surface area contributed by atoms with Crippen LogP contribution in [-0.4, -0.2) is 20.4 Å². The number of nitrogens with zero attached hydrogens (tertiary/aromatic N) is 3. The summed E-state index contributed by atoms with van der Waals surface area (Å²) in [6.07, 6.45) is 6.10. The van der Waals surface area contributed by atoms with Crippen molar-refractivity contribution in [2.45, 2.75) is 19.9 Å². The number of hydrazine groups is 1. The second-order valence-electron chi connectivity index (χ2n) is 3.80. The summed E-state index contributed by atoms with van der Waals surface area (Å²) in [4.78, 5) is 20.1. The lowest BCUT2D eigenvalue weighted by molar-refractivity contribution is 0.0952. The molecule has 0 aliphatic carbocycles. The Balaban J connectivity index is 2.32. The molecule has 6 nitrogen and oxygen atoms in total. The van der Waals surface area contributed by atoms with Crippen LogP contribution in [0.4, 0.5) is 0 Å². The van der Waals surface area contributed by atoms with E-state index in [0.717, 1.165) is 12.2 Å². The van der Waals surface area contributed by atoms with Crippen LogP contribution >= 0.6 is 0 Å². The topological polar surface area (TPSA) is 85.8 Å². The number of hydrogen-bond donors (Lipinski definition) is 2. The molecule has 2 heterocycles. The minimum atomic E-state index is -0.337. The highest BCUT2D eigenvalue weighted by Crippen LogP contribution is 2.09. The maximum absolute atomic E-state index is 11.6. The molecule has 0 fully saturated rings. The van der Waals surface area contributed by atoms with Gasteiger partial charge in [-0.05, 0) is 12.1 Å². The number of hydrogen-bond acceptors (Lipinski definition) is 4. The van der Waals surface area contributed by atoms with E-state index in [9.17, 15) is 4.79 Å². The van der Waals surface area contributed by atoms with Crippen molar-refractivity contribution in [3.8, 4) is 0 Å². The molecular formula is C12H15N5O. The van der Waals surface area contributed by atoms with Gasteiger partial charge in [0, 0.05) is 25.0 Å². The molecular weight excluding hydrogens is 230 g/mol. The summed E-state index contributed by atoms with van der Waals surface area (Å²) in [6.45, 7) is 2.54. The van der Waals surface area contributed by atoms with Gasteiger partial charge in [-0.3, -0.25) is 15.2 Å². The van der Waals surface area contributed by atoms with Crippen LogP contribution < -0.4 is 11.3 Å². The van der Waals surface area contributed by atoms with Gasteiger partial charge < -0.3 is 4.57 Å². The summed E-state index contributed by atoms with van der Waals surface area (Å²) in [7, 11) is 0. The fourth-order valence-electron chi connectivity index (χ4n) is 1.81. The van der Waals surface area contributed by atoms with Crippen molar-refractivity contribution in [3.63, 3.8) is 0 Å². The zero-order valence-corrected chi connectivity index (χ0v) is 10.1. The molecule has 0 saturated heterocycles. The number of nitrogens with one attached hydrogen (secondary N) is 1. The molecule has 0 aromatic carbocycles. The van der Waals surface area contributed by atoms with Crippen LogP contribution in [0.5, 0.6) is 0 Å². The average molecular weight is 245 g/mol. The number of carbonyl (C=O) groups is 1. The summed E-state index contributed by atoms with van der Waals surface area (Å²) >= 11 is 0. The molecule has 0 aliphatic heterocycles. The van der Waals surface area contributed by atoms with Gasteiger partial charge in [-0.1, -0.05) is 6.92 Å². The van der Waals surface area contributed by atoms with Crippen LogP contribution in [0.25, 0.3) is 0 Å². The van der Waals surface area contributed by atoms with Gasteiger partial charge in [-0.25, -0.2) is 10.8 Å². The third-order valence-electron chi connectivity index (χ3n) is 2.70. The van der Waals surface area contributed by atoms with Gasteiger partial charge in [0.05, 0.1) is 17.8 Å². The van der Waals surface area contributed by atoms with Gasteiger partial charge in [0.1, 0.15) is 5.82 Å². The Labute approximate surface area is 105 Å². The number of nitrogen functional groups attached to an aromatic ring is 1. The van der Waals surface area contributed by atoms with Crippen molar-refractivity contribution in [1.29, 1.82) is 0 Å². The molecule has 0 aliphatic rings. The SMILES string of the molecule is CCc1nccn1Cc1ncccc1C(=O)NN. The van der Waals surface area contributed by atoms with Crippen molar-refractivity contribution in [2.75, 3.05) is 0 Å². The predicted molar refractivity (Wildman–Crippen MR) is 66.6 cm³/mol. The fourth-order valence-corrected chi connectivity index (χ4v) is 1.81. The van der Waals surface area contributed by atoms with E-state index < -0.39 is 0 Å². The van der Waals surface area contributed by atoms with Gasteiger partial charge in [0.2, 0.25) is 0 Å². The number of nitrogens with two attached hydrogens (primary N) is 1. The van der Waals surface area contributed by atoms with E-state index in [2.05, 4.69) is 15.4 Å². The Morgan fingerprint density at radius 2 is 2.28 bits per heavy atom. The summed E-state index contributed by atoms with van der Waals surface area (Å²) < 4.78 is 1.97. The normalized spacial score (nSPS) is 10.3. The maximum atomic E-state index is 11.6. The number of aromatic nitrogens is 3. The molecule has 6 heteroatoms. The number of rotatable bonds is 4. The largest absolute Gasteiger partial charge is 0.329 e. The molecule has 2 rings (SSSR count). The zero-order chi connectivity index (χ0) is 13.0. The standard InChI is InChI=1S/C12H15N5O/c1-2-11-15-6-7-17(11)8-10-9(12(18)16-13)4-3-5-14-10/h3-7H,2,8,13H2,1H3,(H,16,18). The smallest absolute Gasteiger partial charge is 0.267 e. The predicted octanol–water partition coefficient (Wildman–Crippen LogP) is 0.492. The van der Waals surface area contributed by atoms with E-state index >= 15 is 0 Å². The van der Waals surface area contributed by atoms with Crippen LogP contribution in [0.1, 0.15) is 28.8 Å². The van der Waals surface area contributed by atoms with Gasteiger partial charge >= 0.3 is 0 Å². The second-order valence-corrected chi connectivity index (χ2v) is 3.80. The van der Waals surface area contributed by atoms with Crippen LogP contribution in [0, 0.1) is 0 Å². The Hall–Kier alpha value is -2.21. The average Bonchev–Trinajstić information content (AvgIpc) is 2.86. The highest BCUT2D eigenvalue weighted by atomic mass is 16.2. The first-order valence-electron chi connectivity index (χ1n) is 5.71. The van der Waals surface area contributed by atoms with Gasteiger partial charge in [-0.15, -0.1) is 0 Å². The Morgan fingerprint density at radius 1 is 1.44 bits per heavy atom. The fraction of sp³-hybridized carbons (Fsp3) is 0.250. The molecule has 2 aromatic heterocycles. The molecule has 3 N–H and O–H groups in total. The first kappa shape index (κ1) is 12.3. The van der Waals surface area contributed by atoms with Gasteiger partial charge in [0.15, 0.2) is 0 Å². The molecule has 18 heavy (non-hydrogen) atoms. The summed E-state index contributed by atoms with van der Waals surface area (Å²) in [5, 5.41) is 0. The molecule has 0 spiro atoms. The Kier molecular flexibility index (Phi) is 3.69. The van der Waals surface area contributed by atoms with Crippen LogP contribution in [0.2, 0.25) is 0 Å². The lowest BCUT2D eigenvalue weighted by Gasteiger charge is -2.09. The maximum Gasteiger partial charge on any atom is 0.267 e. The third kappa shape index (κ3) is 2.38. The van der Waals surface area contributed by atoms with E-state index in [-0.39, 0.29) is 5.91 Å². The molecule has 0 unspecified atom stereocenters. The van der Waals surface area contributed by atoms with Gasteiger partial charge in [-0.2, -0.15) is 0 Å². The minimum absolute atomic E-state index is 0.337. The van der Waals surface area contributed by atoms with E-state index in [0.29, 0.717) is 17.8 Å². The molecule has 0 saturated carbocycles. The number of pyridine rings is 1. The van der Waals surface area contributed by atoms with Crippen molar-refractivity contribution in [1.82, 2.24) is 20.0 Å². The number of carbonyl (C=O) groups excluding carboxylic acids is 1. The quantitative estimate of drug-likeness (QED) is 0.466. The second kappa shape index (κ2) is 5.42. The van der Waals surface area contributed by atoms with E-state index in [1.54, 1.807) is 24.5 Å². The molecule has 1 amide bonds. The van der Waals surface area contributed by atoms with Crippen molar-refractivity contribution >= 4 is 5.91 Å². The summed E-state index contributed by atoms with van der Waals surface area (Å²) in [5.74, 6) is 5.78. The number of aryl methyl sites for hydroxylation is 1. The highest BCUT2D eigenvalue weighted by Gasteiger charge is 2.12. The summed E-state index contributed by atoms with van der Waals surface area (Å²) in [6, 6.07) is 3.41. The first-order valence-corrected chi connectivity index (χ1v) is 5.71. The van der Waals surface area contributed by atoms with Gasteiger partial charge in [0.25, 0.3) is 5.91 Å². The van der Waals surface area contributed by atoms with Crippen LogP contribution in [-0.2, 0) is 13.0 Å². The lowest BCUT2D eigenvalue weighted by atomic mass is 10.2. The summed E-state index contributed by atoms with van der Waals surface area (Å²) in [5.41, 5.74) is 3.28. The van der Waals surface area contributed by atoms with Crippen LogP contribution in [0.3, 0.4) is 0 Å². The van der Waals surface area contributed by atoms with Crippen molar-refractivity contribution < 1.29 is 4.79 Å². The van der Waals surface area contributed by atoms with Crippen molar-refractivity contribution in [3.05, 3.63) is 47.8 Å².